The minimum Gasteiger partial charge on any atom is -0.455 e. The number of likely N-dealkylation sites (N-methyl/N-ethyl adjacent to an activating group) is 1. The number of nitrogens with zero attached hydrogens (tertiary/aromatic N) is 5. The lowest BCUT2D eigenvalue weighted by atomic mass is 10.2. The van der Waals surface area contributed by atoms with Gasteiger partial charge < -0.3 is 14.2 Å². The van der Waals surface area contributed by atoms with E-state index in [1.165, 1.54) is 16.1 Å². The largest absolute Gasteiger partial charge is 0.455 e. The maximum absolute atomic E-state index is 12.6. The number of urea groups is 1. The van der Waals surface area contributed by atoms with E-state index < -0.39 is 0 Å². The molecule has 3 heterocycles. The Morgan fingerprint density at radius 2 is 1.76 bits per heavy atom. The van der Waals surface area contributed by atoms with Crippen molar-refractivity contribution in [3.63, 3.8) is 0 Å². The molecule has 34 heavy (non-hydrogen) atoms. The molecule has 2 aliphatic rings. The number of rotatable bonds is 8. The molecule has 0 bridgehead atoms. The van der Waals surface area contributed by atoms with Gasteiger partial charge in [-0.1, -0.05) is 23.7 Å². The van der Waals surface area contributed by atoms with Crippen molar-refractivity contribution in [2.45, 2.75) is 12.8 Å². The topological polar surface area (TPSA) is 72.6 Å². The number of imide groups is 1. The fourth-order valence-electron chi connectivity index (χ4n) is 3.86. The van der Waals surface area contributed by atoms with Crippen molar-refractivity contribution in [1.29, 1.82) is 0 Å². The number of furan rings is 1. The Hall–Kier alpha value is -2.10. The minimum absolute atomic E-state index is 0. The van der Waals surface area contributed by atoms with Gasteiger partial charge in [0.15, 0.2) is 0 Å². The third kappa shape index (κ3) is 7.20. The number of benzene rings is 1. The number of carbonyl (C=O) groups is 2. The average Bonchev–Trinajstić information content (AvgIpc) is 3.36. The molecule has 0 atom stereocenters. The van der Waals surface area contributed by atoms with Crippen LogP contribution in [0.5, 0.6) is 0 Å². The summed E-state index contributed by atoms with van der Waals surface area (Å²) in [6.07, 6.45) is 3.21. The molecule has 186 valence electrons. The Morgan fingerprint density at radius 3 is 2.50 bits per heavy atom. The number of amides is 3. The third-order valence-corrected chi connectivity index (χ3v) is 6.04. The molecular formula is C23H30Cl3N5O3. The summed E-state index contributed by atoms with van der Waals surface area (Å²) in [6, 6.07) is 10.6. The first-order chi connectivity index (χ1) is 15.5. The first kappa shape index (κ1) is 28.1. The van der Waals surface area contributed by atoms with Crippen LogP contribution in [0.2, 0.25) is 5.02 Å². The van der Waals surface area contributed by atoms with E-state index >= 15 is 0 Å². The molecule has 1 aromatic heterocycles. The number of carbonyl (C=O) groups excluding carboxylic acids is 2. The quantitative estimate of drug-likeness (QED) is 0.292. The molecule has 0 saturated carbocycles. The molecule has 2 aromatic rings. The van der Waals surface area contributed by atoms with E-state index in [1.54, 1.807) is 12.1 Å². The van der Waals surface area contributed by atoms with Gasteiger partial charge in [0.2, 0.25) is 0 Å². The first-order valence-corrected chi connectivity index (χ1v) is 11.3. The van der Waals surface area contributed by atoms with Gasteiger partial charge in [-0.3, -0.25) is 9.69 Å². The fourth-order valence-corrected chi connectivity index (χ4v) is 4.05. The summed E-state index contributed by atoms with van der Waals surface area (Å²) in [4.78, 5) is 30.9. The minimum atomic E-state index is -0.382. The highest BCUT2D eigenvalue weighted by Gasteiger charge is 2.35. The van der Waals surface area contributed by atoms with Crippen LogP contribution >= 0.6 is 36.4 Å². The summed E-state index contributed by atoms with van der Waals surface area (Å²) < 4.78 is 5.77. The number of piperazine rings is 1. The Kier molecular flexibility index (Phi) is 10.9. The molecule has 0 spiro atoms. The predicted molar refractivity (Wildman–Crippen MR) is 138 cm³/mol. The Bertz CT molecular complexity index is 992. The second-order valence-electron chi connectivity index (χ2n) is 8.19. The van der Waals surface area contributed by atoms with Gasteiger partial charge in [-0.2, -0.15) is 5.10 Å². The number of hydrogen-bond donors (Lipinski definition) is 0. The lowest BCUT2D eigenvalue weighted by Gasteiger charge is -2.32. The second-order valence-corrected chi connectivity index (χ2v) is 8.63. The molecule has 2 saturated heterocycles. The zero-order valence-electron chi connectivity index (χ0n) is 19.1. The molecule has 1 aromatic carbocycles. The van der Waals surface area contributed by atoms with Crippen LogP contribution in [-0.4, -0.2) is 90.7 Å². The van der Waals surface area contributed by atoms with Gasteiger partial charge >= 0.3 is 6.03 Å². The fraction of sp³-hybridized carbons (Fsp3) is 0.435. The first-order valence-electron chi connectivity index (χ1n) is 10.9. The SMILES string of the molecule is CN1CCN(CCCCN2C(=O)CN(/N=C\c3ccc(-c4cccc(Cl)c4)o3)C2=O)CC1.Cl.Cl. The van der Waals surface area contributed by atoms with Crippen LogP contribution in [0.4, 0.5) is 4.79 Å². The van der Waals surface area contributed by atoms with E-state index in [0.717, 1.165) is 51.1 Å². The Labute approximate surface area is 217 Å². The number of hydrazone groups is 1. The van der Waals surface area contributed by atoms with E-state index in [9.17, 15) is 9.59 Å². The van der Waals surface area contributed by atoms with Crippen LogP contribution in [0.15, 0.2) is 45.9 Å². The van der Waals surface area contributed by atoms with Crippen molar-refractivity contribution >= 4 is 54.6 Å². The third-order valence-electron chi connectivity index (χ3n) is 5.80. The van der Waals surface area contributed by atoms with Gasteiger partial charge in [0.25, 0.3) is 5.91 Å². The van der Waals surface area contributed by atoms with Crippen molar-refractivity contribution in [2.24, 2.45) is 5.10 Å². The van der Waals surface area contributed by atoms with Gasteiger partial charge in [0.05, 0.1) is 6.21 Å². The molecular weight excluding hydrogens is 501 g/mol. The molecule has 0 N–H and O–H groups in total. The van der Waals surface area contributed by atoms with Gasteiger partial charge in [-0.25, -0.2) is 9.80 Å². The lowest BCUT2D eigenvalue weighted by Crippen LogP contribution is -2.44. The molecule has 0 unspecified atom stereocenters. The number of halogens is 3. The standard InChI is InChI=1S/C23H28ClN5O3.2ClH/c1-26-11-13-27(14-12-26)9-2-3-10-28-22(30)17-29(23(28)31)25-16-20-7-8-21(32-20)18-5-4-6-19(24)15-18;;/h4-8,15-16H,2-3,9-14,17H2,1H3;2*1H/b25-16-;;. The smallest absolute Gasteiger partial charge is 0.347 e. The number of hydrogen-bond acceptors (Lipinski definition) is 6. The molecule has 2 fully saturated rings. The molecule has 8 nitrogen and oxygen atoms in total. The van der Waals surface area contributed by atoms with Crippen molar-refractivity contribution < 1.29 is 14.0 Å². The normalized spacial score (nSPS) is 17.4. The summed E-state index contributed by atoms with van der Waals surface area (Å²) in [6.45, 7) is 5.71. The molecule has 4 rings (SSSR count). The van der Waals surface area contributed by atoms with Crippen LogP contribution in [-0.2, 0) is 4.79 Å². The second kappa shape index (κ2) is 13.1. The zero-order chi connectivity index (χ0) is 22.5. The highest BCUT2D eigenvalue weighted by Crippen LogP contribution is 2.24. The van der Waals surface area contributed by atoms with Crippen molar-refractivity contribution in [3.8, 4) is 11.3 Å². The lowest BCUT2D eigenvalue weighted by molar-refractivity contribution is -0.125. The van der Waals surface area contributed by atoms with Crippen LogP contribution in [0.25, 0.3) is 11.3 Å². The van der Waals surface area contributed by atoms with Gasteiger partial charge in [-0.05, 0) is 50.7 Å². The van der Waals surface area contributed by atoms with E-state index in [0.29, 0.717) is 23.1 Å². The Balaban J connectivity index is 0.00000204. The highest BCUT2D eigenvalue weighted by molar-refractivity contribution is 6.30. The van der Waals surface area contributed by atoms with E-state index in [1.807, 2.05) is 24.3 Å². The monoisotopic (exact) mass is 529 g/mol. The van der Waals surface area contributed by atoms with E-state index in [4.69, 9.17) is 16.0 Å². The van der Waals surface area contributed by atoms with Crippen LogP contribution in [0, 0.1) is 0 Å². The van der Waals surface area contributed by atoms with Crippen molar-refractivity contribution in [1.82, 2.24) is 19.7 Å². The molecule has 3 amide bonds. The summed E-state index contributed by atoms with van der Waals surface area (Å²) in [5.74, 6) is 0.927. The van der Waals surface area contributed by atoms with E-state index in [2.05, 4.69) is 21.9 Å². The van der Waals surface area contributed by atoms with Crippen molar-refractivity contribution in [2.75, 3.05) is 52.9 Å². The van der Waals surface area contributed by atoms with Gasteiger partial charge in [-0.15, -0.1) is 24.8 Å². The molecule has 0 radical (unpaired) electrons. The summed E-state index contributed by atoms with van der Waals surface area (Å²) in [5, 5.41) is 5.98. The van der Waals surface area contributed by atoms with Crippen LogP contribution < -0.4 is 0 Å². The molecule has 11 heteroatoms. The molecule has 0 aliphatic carbocycles. The van der Waals surface area contributed by atoms with Crippen LogP contribution in [0.3, 0.4) is 0 Å². The zero-order valence-corrected chi connectivity index (χ0v) is 21.4. The van der Waals surface area contributed by atoms with Crippen molar-refractivity contribution in [3.05, 3.63) is 47.2 Å². The maximum Gasteiger partial charge on any atom is 0.347 e. The molecule has 2 aliphatic heterocycles. The van der Waals surface area contributed by atoms with Gasteiger partial charge in [0.1, 0.15) is 18.1 Å². The summed E-state index contributed by atoms with van der Waals surface area (Å²) >= 11 is 6.03. The maximum atomic E-state index is 12.6. The van der Waals surface area contributed by atoms with E-state index in [-0.39, 0.29) is 43.3 Å². The van der Waals surface area contributed by atoms with Crippen LogP contribution in [0.1, 0.15) is 18.6 Å². The summed E-state index contributed by atoms with van der Waals surface area (Å²) in [7, 11) is 2.14. The predicted octanol–water partition coefficient (Wildman–Crippen LogP) is 4.07. The highest BCUT2D eigenvalue weighted by atomic mass is 35.5. The summed E-state index contributed by atoms with van der Waals surface area (Å²) in [5.41, 5.74) is 0.854. The Morgan fingerprint density at radius 1 is 1.03 bits per heavy atom. The van der Waals surface area contributed by atoms with Gasteiger partial charge in [0, 0.05) is 43.3 Å². The number of unbranched alkanes of at least 4 members (excludes halogenated alkanes) is 1. The average molecular weight is 531 g/mol.